The van der Waals surface area contributed by atoms with Crippen LogP contribution in [0.3, 0.4) is 0 Å². The van der Waals surface area contributed by atoms with Gasteiger partial charge in [0.25, 0.3) is 0 Å². The number of urea groups is 1. The molecule has 1 aliphatic rings. The van der Waals surface area contributed by atoms with Crippen LogP contribution in [0.25, 0.3) is 17.1 Å². The number of nitrogens with one attached hydrogen (secondary N) is 1. The smallest absolute Gasteiger partial charge is 0.406 e. The van der Waals surface area contributed by atoms with Gasteiger partial charge in [0.15, 0.2) is 11.0 Å². The Balaban J connectivity index is 1.31. The molecule has 1 N–H and O–H groups in total. The quantitative estimate of drug-likeness (QED) is 0.240. The summed E-state index contributed by atoms with van der Waals surface area (Å²) in [5.41, 5.74) is 4.74. The third kappa shape index (κ3) is 6.92. The number of anilines is 2. The SMILES string of the molecule is COC(C)c1ccc(C)cc1N1C(=O)CSC1=NC(=O)Nc1ccc(-c2ncn(-c3ccc(OC(F)(F)F)cc3)n2)cc1C. The molecule has 0 saturated carbocycles. The van der Waals surface area contributed by atoms with Gasteiger partial charge < -0.3 is 14.8 Å². The zero-order chi connectivity index (χ0) is 31.6. The van der Waals surface area contributed by atoms with Gasteiger partial charge >= 0.3 is 12.4 Å². The summed E-state index contributed by atoms with van der Waals surface area (Å²) in [5, 5.41) is 7.46. The van der Waals surface area contributed by atoms with Crippen molar-refractivity contribution in [2.45, 2.75) is 33.2 Å². The lowest BCUT2D eigenvalue weighted by Gasteiger charge is -2.23. The van der Waals surface area contributed by atoms with E-state index in [1.165, 1.54) is 51.9 Å². The fourth-order valence-electron chi connectivity index (χ4n) is 4.49. The summed E-state index contributed by atoms with van der Waals surface area (Å²) < 4.78 is 48.1. The van der Waals surface area contributed by atoms with Crippen LogP contribution in [0, 0.1) is 13.8 Å². The maximum atomic E-state index is 13.0. The number of aliphatic imine (C=N–C) groups is 1. The second-order valence-electron chi connectivity index (χ2n) is 9.87. The molecule has 44 heavy (non-hydrogen) atoms. The number of methoxy groups -OCH3 is 1. The average molecular weight is 625 g/mol. The molecule has 0 aliphatic carbocycles. The minimum absolute atomic E-state index is 0.152. The minimum atomic E-state index is -4.78. The van der Waals surface area contributed by atoms with Gasteiger partial charge in [-0.2, -0.15) is 4.99 Å². The van der Waals surface area contributed by atoms with Gasteiger partial charge in [-0.15, -0.1) is 18.3 Å². The molecule has 5 rings (SSSR count). The van der Waals surface area contributed by atoms with Gasteiger partial charge in [-0.1, -0.05) is 23.9 Å². The Bertz CT molecular complexity index is 1740. The van der Waals surface area contributed by atoms with Crippen molar-refractivity contribution >= 4 is 40.2 Å². The summed E-state index contributed by atoms with van der Waals surface area (Å²) in [6, 6.07) is 15.5. The monoisotopic (exact) mass is 624 g/mol. The van der Waals surface area contributed by atoms with E-state index in [0.717, 1.165) is 11.1 Å². The summed E-state index contributed by atoms with van der Waals surface area (Å²) in [6.07, 6.45) is -3.61. The van der Waals surface area contributed by atoms with Crippen LogP contribution in [0.2, 0.25) is 0 Å². The first-order chi connectivity index (χ1) is 20.9. The first-order valence-corrected chi connectivity index (χ1v) is 14.3. The first kappa shape index (κ1) is 30.8. The van der Waals surface area contributed by atoms with Crippen LogP contribution in [0.4, 0.5) is 29.3 Å². The van der Waals surface area contributed by atoms with Crippen LogP contribution >= 0.6 is 11.8 Å². The lowest BCUT2D eigenvalue weighted by molar-refractivity contribution is -0.274. The number of thioether (sulfide) groups is 1. The fraction of sp³-hybridized carbons (Fsp3) is 0.233. The molecular weight excluding hydrogens is 597 g/mol. The number of benzene rings is 3. The van der Waals surface area contributed by atoms with E-state index in [0.29, 0.717) is 34.0 Å². The number of hydrogen-bond donors (Lipinski definition) is 1. The molecule has 3 amide bonds. The Morgan fingerprint density at radius 3 is 2.52 bits per heavy atom. The molecule has 3 aromatic carbocycles. The van der Waals surface area contributed by atoms with Gasteiger partial charge in [0.05, 0.1) is 23.2 Å². The molecule has 1 unspecified atom stereocenters. The number of aryl methyl sites for hydroxylation is 2. The summed E-state index contributed by atoms with van der Waals surface area (Å²) in [5.74, 6) is -0.00142. The Morgan fingerprint density at radius 2 is 1.84 bits per heavy atom. The van der Waals surface area contributed by atoms with E-state index in [9.17, 15) is 22.8 Å². The molecule has 1 atom stereocenters. The maximum Gasteiger partial charge on any atom is 0.573 e. The van der Waals surface area contributed by atoms with Crippen molar-refractivity contribution < 1.29 is 32.2 Å². The van der Waals surface area contributed by atoms with E-state index < -0.39 is 12.4 Å². The van der Waals surface area contributed by atoms with E-state index in [-0.39, 0.29) is 28.7 Å². The second kappa shape index (κ2) is 12.5. The Labute approximate surface area is 254 Å². The molecular formula is C30H27F3N6O4S. The van der Waals surface area contributed by atoms with E-state index in [1.54, 1.807) is 32.2 Å². The van der Waals surface area contributed by atoms with Crippen LogP contribution in [0.1, 0.15) is 29.7 Å². The van der Waals surface area contributed by atoms with Gasteiger partial charge in [-0.05, 0) is 80.4 Å². The van der Waals surface area contributed by atoms with Gasteiger partial charge in [-0.25, -0.2) is 14.5 Å². The molecule has 10 nitrogen and oxygen atoms in total. The van der Waals surface area contributed by atoms with E-state index in [4.69, 9.17) is 4.74 Å². The van der Waals surface area contributed by atoms with E-state index in [2.05, 4.69) is 25.1 Å². The van der Waals surface area contributed by atoms with Crippen molar-refractivity contribution in [3.63, 3.8) is 0 Å². The molecule has 0 bridgehead atoms. The third-order valence-corrected chi connectivity index (χ3v) is 7.66. The Hall–Kier alpha value is -4.69. The fourth-order valence-corrected chi connectivity index (χ4v) is 5.35. The number of halogens is 3. The van der Waals surface area contributed by atoms with Crippen molar-refractivity contribution in [2.24, 2.45) is 4.99 Å². The number of amides is 3. The van der Waals surface area contributed by atoms with Crippen molar-refractivity contribution in [1.29, 1.82) is 0 Å². The number of hydrogen-bond acceptors (Lipinski definition) is 7. The minimum Gasteiger partial charge on any atom is -0.406 e. The highest BCUT2D eigenvalue weighted by Gasteiger charge is 2.33. The van der Waals surface area contributed by atoms with Crippen molar-refractivity contribution in [3.05, 3.63) is 83.7 Å². The van der Waals surface area contributed by atoms with Gasteiger partial charge in [0.1, 0.15) is 12.1 Å². The third-order valence-electron chi connectivity index (χ3n) is 6.73. The highest BCUT2D eigenvalue weighted by Crippen LogP contribution is 2.35. The van der Waals surface area contributed by atoms with Gasteiger partial charge in [-0.3, -0.25) is 9.69 Å². The Kier molecular flexibility index (Phi) is 8.74. The molecule has 228 valence electrons. The van der Waals surface area contributed by atoms with Crippen LogP contribution in [-0.2, 0) is 9.53 Å². The molecule has 1 saturated heterocycles. The highest BCUT2D eigenvalue weighted by atomic mass is 32.2. The van der Waals surface area contributed by atoms with Crippen LogP contribution in [0.15, 0.2) is 72.0 Å². The van der Waals surface area contributed by atoms with Gasteiger partial charge in [0.2, 0.25) is 5.91 Å². The molecule has 0 spiro atoms. The molecule has 1 aliphatic heterocycles. The largest absolute Gasteiger partial charge is 0.573 e. The zero-order valence-corrected chi connectivity index (χ0v) is 24.9. The number of carbonyl (C=O) groups excluding carboxylic acids is 2. The summed E-state index contributed by atoms with van der Waals surface area (Å²) in [7, 11) is 1.59. The lowest BCUT2D eigenvalue weighted by Crippen LogP contribution is -2.31. The number of carbonyl (C=O) groups is 2. The predicted molar refractivity (Wildman–Crippen MR) is 161 cm³/mol. The molecule has 0 radical (unpaired) electrons. The van der Waals surface area contributed by atoms with Crippen molar-refractivity contribution in [2.75, 3.05) is 23.1 Å². The number of ether oxygens (including phenoxy) is 2. The summed E-state index contributed by atoms with van der Waals surface area (Å²) in [6.45, 7) is 5.60. The molecule has 4 aromatic rings. The van der Waals surface area contributed by atoms with Crippen molar-refractivity contribution in [3.8, 4) is 22.8 Å². The normalized spacial score (nSPS) is 15.1. The first-order valence-electron chi connectivity index (χ1n) is 13.3. The Morgan fingerprint density at radius 1 is 1.09 bits per heavy atom. The molecule has 14 heteroatoms. The number of aromatic nitrogens is 3. The second-order valence-corrected chi connectivity index (χ2v) is 10.8. The topological polar surface area (TPSA) is 111 Å². The number of amidine groups is 1. The summed E-state index contributed by atoms with van der Waals surface area (Å²) in [4.78, 5) is 35.8. The van der Waals surface area contributed by atoms with E-state index in [1.807, 2.05) is 32.0 Å². The van der Waals surface area contributed by atoms with Gasteiger partial charge in [0, 0.05) is 23.9 Å². The zero-order valence-electron chi connectivity index (χ0n) is 24.0. The van der Waals surface area contributed by atoms with E-state index >= 15 is 0 Å². The van der Waals surface area contributed by atoms with Crippen LogP contribution in [-0.4, -0.2) is 51.1 Å². The number of nitrogens with zero attached hydrogens (tertiary/aromatic N) is 5. The molecule has 1 aromatic heterocycles. The predicted octanol–water partition coefficient (Wildman–Crippen LogP) is 6.83. The number of alkyl halides is 3. The maximum absolute atomic E-state index is 13.0. The standard InChI is InChI=1S/C30H27F3N6O4S/c1-17-5-11-23(19(3)42-4)25(13-17)39-26(40)15-44-29(39)36-28(41)35-24-12-6-20(14-18(24)2)27-34-16-38(37-27)21-7-9-22(10-8-21)43-30(31,32)33/h5-14,16,19H,15H2,1-4H3,(H,35,41). The van der Waals surface area contributed by atoms with Crippen molar-refractivity contribution in [1.82, 2.24) is 14.8 Å². The molecule has 2 heterocycles. The van der Waals surface area contributed by atoms with Crippen LogP contribution < -0.4 is 15.0 Å². The van der Waals surface area contributed by atoms with Crippen LogP contribution in [0.5, 0.6) is 5.75 Å². The summed E-state index contributed by atoms with van der Waals surface area (Å²) >= 11 is 1.18. The number of rotatable bonds is 7. The average Bonchev–Trinajstić information content (AvgIpc) is 3.60. The highest BCUT2D eigenvalue weighted by molar-refractivity contribution is 8.15. The lowest BCUT2D eigenvalue weighted by atomic mass is 10.0. The molecule has 1 fully saturated rings.